The molecule has 0 radical (unpaired) electrons. The van der Waals surface area contributed by atoms with Crippen LogP contribution in [0.2, 0.25) is 0 Å². The molecule has 1 spiro atoms. The molecule has 1 aromatic rings. The molecule has 4 aliphatic carbocycles. The molecule has 5 nitrogen and oxygen atoms in total. The highest BCUT2D eigenvalue weighted by molar-refractivity contribution is 5.67. The Balaban J connectivity index is 1.23. The van der Waals surface area contributed by atoms with Gasteiger partial charge in [0.2, 0.25) is 5.79 Å². The summed E-state index contributed by atoms with van der Waals surface area (Å²) in [4.78, 5) is 12.0. The molecule has 2 unspecified atom stereocenters. The minimum Gasteiger partial charge on any atom is -0.488 e. The molecule has 5 fully saturated rings. The van der Waals surface area contributed by atoms with Gasteiger partial charge in [0.1, 0.15) is 18.0 Å². The van der Waals surface area contributed by atoms with Crippen LogP contribution in [0.1, 0.15) is 44.6 Å². The van der Waals surface area contributed by atoms with Gasteiger partial charge in [0, 0.05) is 11.8 Å². The first kappa shape index (κ1) is 18.6. The number of benzene rings is 1. The second-order valence-corrected chi connectivity index (χ2v) is 9.17. The molecule has 1 heterocycles. The SMILES string of the molecule is C=C(c1ccc(OC(C)CO)cc1)C1COC2(OO1)C1CC3CC(C1)CC2C3. The maximum absolute atomic E-state index is 9.11. The van der Waals surface area contributed by atoms with E-state index in [9.17, 15) is 0 Å². The second kappa shape index (κ2) is 7.13. The van der Waals surface area contributed by atoms with Crippen LogP contribution < -0.4 is 4.74 Å². The third-order valence-corrected chi connectivity index (χ3v) is 7.24. The van der Waals surface area contributed by atoms with Crippen molar-refractivity contribution in [1.29, 1.82) is 0 Å². The number of rotatable bonds is 5. The van der Waals surface area contributed by atoms with E-state index in [1.165, 1.54) is 32.1 Å². The Morgan fingerprint density at radius 3 is 2.32 bits per heavy atom. The van der Waals surface area contributed by atoms with Gasteiger partial charge in [-0.2, -0.15) is 4.89 Å². The summed E-state index contributed by atoms with van der Waals surface area (Å²) >= 11 is 0. The Morgan fingerprint density at radius 1 is 1.14 bits per heavy atom. The molecular formula is C23H30O5. The Kier molecular flexibility index (Phi) is 4.74. The molecule has 0 aromatic heterocycles. The molecule has 1 N–H and O–H groups in total. The van der Waals surface area contributed by atoms with Crippen molar-refractivity contribution in [3.05, 3.63) is 36.4 Å². The summed E-state index contributed by atoms with van der Waals surface area (Å²) in [5.74, 6) is 2.88. The van der Waals surface area contributed by atoms with Gasteiger partial charge in [0.05, 0.1) is 13.2 Å². The Hall–Kier alpha value is -1.40. The highest BCUT2D eigenvalue weighted by atomic mass is 17.2. The molecular weight excluding hydrogens is 356 g/mol. The first-order valence-corrected chi connectivity index (χ1v) is 10.6. The first-order valence-electron chi connectivity index (χ1n) is 10.6. The molecule has 152 valence electrons. The standard InChI is InChI=1S/C23H30O5/c1-14(12-24)26-21-5-3-18(4-6-21)15(2)22-13-25-23(28-27-22)19-8-16-7-17(10-19)11-20(23)9-16/h3-6,14,16-17,19-20,22,24H,2,7-13H2,1H3. The van der Waals surface area contributed by atoms with Gasteiger partial charge >= 0.3 is 0 Å². The van der Waals surface area contributed by atoms with Crippen LogP contribution in [0, 0.1) is 23.7 Å². The minimum absolute atomic E-state index is 0.00964. The summed E-state index contributed by atoms with van der Waals surface area (Å²) < 4.78 is 12.0. The first-order chi connectivity index (χ1) is 13.6. The molecule has 5 heteroatoms. The van der Waals surface area contributed by atoms with Gasteiger partial charge < -0.3 is 14.6 Å². The monoisotopic (exact) mass is 386 g/mol. The molecule has 1 aromatic carbocycles. The third-order valence-electron chi connectivity index (χ3n) is 7.24. The fourth-order valence-corrected chi connectivity index (χ4v) is 5.97. The van der Waals surface area contributed by atoms with E-state index in [4.69, 9.17) is 24.4 Å². The smallest absolute Gasteiger partial charge is 0.207 e. The lowest BCUT2D eigenvalue weighted by Gasteiger charge is -2.60. The minimum atomic E-state index is -0.525. The van der Waals surface area contributed by atoms with Crippen LogP contribution in [0.15, 0.2) is 30.8 Å². The van der Waals surface area contributed by atoms with Crippen LogP contribution in [-0.4, -0.2) is 36.3 Å². The predicted molar refractivity (Wildman–Crippen MR) is 104 cm³/mol. The van der Waals surface area contributed by atoms with E-state index >= 15 is 0 Å². The third kappa shape index (κ3) is 3.09. The highest BCUT2D eigenvalue weighted by Crippen LogP contribution is 2.60. The van der Waals surface area contributed by atoms with E-state index in [0.29, 0.717) is 18.4 Å². The van der Waals surface area contributed by atoms with Crippen molar-refractivity contribution >= 4 is 5.57 Å². The second-order valence-electron chi connectivity index (χ2n) is 9.17. The summed E-state index contributed by atoms with van der Waals surface area (Å²) in [6.45, 7) is 6.52. The van der Waals surface area contributed by atoms with Crippen molar-refractivity contribution in [1.82, 2.24) is 0 Å². The van der Waals surface area contributed by atoms with Crippen LogP contribution in [0.5, 0.6) is 5.75 Å². The van der Waals surface area contributed by atoms with Crippen molar-refractivity contribution in [2.24, 2.45) is 23.7 Å². The predicted octanol–water partition coefficient (Wildman–Crippen LogP) is 3.96. The average molecular weight is 386 g/mol. The molecule has 1 saturated heterocycles. The molecule has 4 saturated carbocycles. The van der Waals surface area contributed by atoms with Crippen LogP contribution in [0.3, 0.4) is 0 Å². The van der Waals surface area contributed by atoms with Gasteiger partial charge in [-0.15, -0.1) is 0 Å². The van der Waals surface area contributed by atoms with Gasteiger partial charge in [0.15, 0.2) is 0 Å². The summed E-state index contributed by atoms with van der Waals surface area (Å²) in [5, 5.41) is 9.11. The molecule has 1 aliphatic heterocycles. The number of hydrogen-bond acceptors (Lipinski definition) is 5. The lowest BCUT2D eigenvalue weighted by molar-refractivity contribution is -0.517. The molecule has 2 atom stereocenters. The van der Waals surface area contributed by atoms with E-state index in [0.717, 1.165) is 28.7 Å². The Morgan fingerprint density at radius 2 is 1.79 bits per heavy atom. The normalized spacial score (nSPS) is 39.9. The zero-order chi connectivity index (χ0) is 19.3. The van der Waals surface area contributed by atoms with E-state index in [1.54, 1.807) is 0 Å². The van der Waals surface area contributed by atoms with Gasteiger partial charge in [-0.1, -0.05) is 18.7 Å². The lowest BCUT2D eigenvalue weighted by Crippen LogP contribution is -2.63. The quantitative estimate of drug-likeness (QED) is 0.777. The number of aliphatic hydroxyl groups excluding tert-OH is 1. The van der Waals surface area contributed by atoms with Crippen LogP contribution in [-0.2, 0) is 14.5 Å². The summed E-state index contributed by atoms with van der Waals surface area (Å²) in [5.41, 5.74) is 1.82. The zero-order valence-corrected chi connectivity index (χ0v) is 16.5. The fraction of sp³-hybridized carbons (Fsp3) is 0.652. The maximum atomic E-state index is 9.11. The van der Waals surface area contributed by atoms with Crippen LogP contribution >= 0.6 is 0 Å². The lowest BCUT2D eigenvalue weighted by atomic mass is 9.53. The molecule has 4 bridgehead atoms. The van der Waals surface area contributed by atoms with Crippen LogP contribution in [0.4, 0.5) is 0 Å². The van der Waals surface area contributed by atoms with E-state index < -0.39 is 5.79 Å². The van der Waals surface area contributed by atoms with E-state index in [2.05, 4.69) is 6.58 Å². The van der Waals surface area contributed by atoms with Gasteiger partial charge in [-0.3, -0.25) is 0 Å². The van der Waals surface area contributed by atoms with Crippen molar-refractivity contribution < 1.29 is 24.4 Å². The summed E-state index contributed by atoms with van der Waals surface area (Å²) in [7, 11) is 0. The molecule has 28 heavy (non-hydrogen) atoms. The van der Waals surface area contributed by atoms with Crippen molar-refractivity contribution in [3.8, 4) is 5.75 Å². The fourth-order valence-electron chi connectivity index (χ4n) is 5.97. The largest absolute Gasteiger partial charge is 0.488 e. The summed E-state index contributed by atoms with van der Waals surface area (Å²) in [6, 6.07) is 7.68. The number of ether oxygens (including phenoxy) is 2. The maximum Gasteiger partial charge on any atom is 0.207 e. The number of hydrogen-bond donors (Lipinski definition) is 1. The van der Waals surface area contributed by atoms with E-state index in [-0.39, 0.29) is 18.8 Å². The molecule has 0 amide bonds. The van der Waals surface area contributed by atoms with Crippen molar-refractivity contribution in [2.45, 2.75) is 57.0 Å². The van der Waals surface area contributed by atoms with Crippen LogP contribution in [0.25, 0.3) is 5.57 Å². The van der Waals surface area contributed by atoms with Gasteiger partial charge in [0.25, 0.3) is 0 Å². The van der Waals surface area contributed by atoms with Gasteiger partial charge in [-0.05, 0) is 74.1 Å². The highest BCUT2D eigenvalue weighted by Gasteiger charge is 2.61. The van der Waals surface area contributed by atoms with Crippen molar-refractivity contribution in [2.75, 3.05) is 13.2 Å². The number of aliphatic hydroxyl groups is 1. The zero-order valence-electron chi connectivity index (χ0n) is 16.5. The molecule has 5 aliphatic rings. The molecule has 6 rings (SSSR count). The Labute approximate surface area is 166 Å². The van der Waals surface area contributed by atoms with Crippen molar-refractivity contribution in [3.63, 3.8) is 0 Å². The van der Waals surface area contributed by atoms with Gasteiger partial charge in [-0.25, -0.2) is 4.89 Å². The average Bonchev–Trinajstić information content (AvgIpc) is 2.72. The summed E-state index contributed by atoms with van der Waals surface area (Å²) in [6.07, 6.45) is 5.75. The Bertz CT molecular complexity index is 689. The topological polar surface area (TPSA) is 57.2 Å². The van der Waals surface area contributed by atoms with E-state index in [1.807, 2.05) is 31.2 Å².